The summed E-state index contributed by atoms with van der Waals surface area (Å²) in [4.78, 5) is 0. The van der Waals surface area contributed by atoms with Crippen LogP contribution in [0.2, 0.25) is 0 Å². The Morgan fingerprint density at radius 1 is 1.38 bits per heavy atom. The quantitative estimate of drug-likeness (QED) is 0.651. The first-order valence-corrected chi connectivity index (χ1v) is 5.37. The van der Waals surface area contributed by atoms with Crippen LogP contribution in [-0.4, -0.2) is 11.2 Å². The molecule has 3 atom stereocenters. The van der Waals surface area contributed by atoms with Crippen LogP contribution in [0.15, 0.2) is 11.6 Å². The number of aliphatic hydroxyl groups excluding tert-OH is 1. The smallest absolute Gasteiger partial charge is 0.0577 e. The van der Waals surface area contributed by atoms with Crippen LogP contribution in [-0.2, 0) is 0 Å². The zero-order valence-electron chi connectivity index (χ0n) is 9.25. The molecule has 0 bridgehead atoms. The molecule has 0 fully saturated rings. The molecule has 1 heteroatoms. The number of hydrogen-bond donors (Lipinski definition) is 1. The monoisotopic (exact) mass is 182 g/mol. The van der Waals surface area contributed by atoms with Gasteiger partial charge in [0.1, 0.15) is 0 Å². The van der Waals surface area contributed by atoms with E-state index in [1.54, 1.807) is 0 Å². The molecule has 3 unspecified atom stereocenters. The van der Waals surface area contributed by atoms with Crippen LogP contribution < -0.4 is 0 Å². The van der Waals surface area contributed by atoms with Gasteiger partial charge in [0.25, 0.3) is 0 Å². The lowest BCUT2D eigenvalue weighted by Crippen LogP contribution is -2.26. The number of allylic oxidation sites excluding steroid dienone is 1. The van der Waals surface area contributed by atoms with Crippen molar-refractivity contribution in [2.24, 2.45) is 17.8 Å². The first-order valence-electron chi connectivity index (χ1n) is 5.37. The van der Waals surface area contributed by atoms with E-state index in [9.17, 15) is 5.11 Å². The van der Waals surface area contributed by atoms with Gasteiger partial charge in [0.15, 0.2) is 0 Å². The van der Waals surface area contributed by atoms with Crippen LogP contribution in [0.5, 0.6) is 0 Å². The van der Waals surface area contributed by atoms with Crippen molar-refractivity contribution in [1.29, 1.82) is 0 Å². The molecule has 0 aliphatic heterocycles. The molecule has 0 saturated carbocycles. The standard InChI is InChI=1S/C12H22O/c1-8(2)11-6-5-9(3)12(7-11)10(4)13/h5,8,10-13H,6-7H2,1-4H3. The first kappa shape index (κ1) is 10.8. The van der Waals surface area contributed by atoms with Crippen molar-refractivity contribution in [3.8, 4) is 0 Å². The molecule has 0 aromatic rings. The number of rotatable bonds is 2. The summed E-state index contributed by atoms with van der Waals surface area (Å²) in [6, 6.07) is 0. The van der Waals surface area contributed by atoms with Crippen LogP contribution >= 0.6 is 0 Å². The molecule has 1 N–H and O–H groups in total. The van der Waals surface area contributed by atoms with Gasteiger partial charge < -0.3 is 5.11 Å². The van der Waals surface area contributed by atoms with Crippen molar-refractivity contribution < 1.29 is 5.11 Å². The summed E-state index contributed by atoms with van der Waals surface area (Å²) in [6.07, 6.45) is 4.49. The summed E-state index contributed by atoms with van der Waals surface area (Å²) in [5, 5.41) is 9.61. The highest BCUT2D eigenvalue weighted by Gasteiger charge is 2.26. The third kappa shape index (κ3) is 2.57. The Balaban J connectivity index is 2.66. The van der Waals surface area contributed by atoms with Crippen LogP contribution in [0.25, 0.3) is 0 Å². The van der Waals surface area contributed by atoms with E-state index in [0.717, 1.165) is 18.3 Å². The predicted molar refractivity (Wildman–Crippen MR) is 56.5 cm³/mol. The van der Waals surface area contributed by atoms with Crippen molar-refractivity contribution in [1.82, 2.24) is 0 Å². The summed E-state index contributed by atoms with van der Waals surface area (Å²) in [6.45, 7) is 8.61. The summed E-state index contributed by atoms with van der Waals surface area (Å²) in [5.41, 5.74) is 1.38. The maximum Gasteiger partial charge on any atom is 0.0577 e. The molecule has 0 heterocycles. The van der Waals surface area contributed by atoms with E-state index in [1.165, 1.54) is 12.0 Å². The van der Waals surface area contributed by atoms with Gasteiger partial charge in [-0.15, -0.1) is 0 Å². The molecule has 1 aliphatic carbocycles. The number of aliphatic hydroxyl groups is 1. The van der Waals surface area contributed by atoms with E-state index < -0.39 is 0 Å². The minimum atomic E-state index is -0.183. The molecule has 0 amide bonds. The Labute approximate surface area is 81.9 Å². The maximum absolute atomic E-state index is 9.61. The van der Waals surface area contributed by atoms with Crippen molar-refractivity contribution in [2.45, 2.75) is 46.6 Å². The maximum atomic E-state index is 9.61. The second-order valence-corrected chi connectivity index (χ2v) is 4.77. The van der Waals surface area contributed by atoms with E-state index in [-0.39, 0.29) is 6.10 Å². The van der Waals surface area contributed by atoms with Gasteiger partial charge in [0.05, 0.1) is 6.10 Å². The zero-order valence-corrected chi connectivity index (χ0v) is 9.25. The summed E-state index contributed by atoms with van der Waals surface area (Å²) in [7, 11) is 0. The van der Waals surface area contributed by atoms with E-state index >= 15 is 0 Å². The molecule has 0 spiro atoms. The third-order valence-electron chi connectivity index (χ3n) is 3.41. The molecule has 1 nitrogen and oxygen atoms in total. The highest BCUT2D eigenvalue weighted by molar-refractivity contribution is 5.10. The zero-order chi connectivity index (χ0) is 10.0. The van der Waals surface area contributed by atoms with Crippen molar-refractivity contribution >= 4 is 0 Å². The van der Waals surface area contributed by atoms with Gasteiger partial charge in [0, 0.05) is 5.92 Å². The van der Waals surface area contributed by atoms with Gasteiger partial charge in [-0.1, -0.05) is 25.5 Å². The molecule has 1 aliphatic rings. The fourth-order valence-corrected chi connectivity index (χ4v) is 2.22. The SMILES string of the molecule is CC1=CCC(C(C)C)CC1C(C)O. The van der Waals surface area contributed by atoms with Crippen LogP contribution in [0.4, 0.5) is 0 Å². The molecule has 76 valence electrons. The van der Waals surface area contributed by atoms with Gasteiger partial charge in [-0.05, 0) is 38.5 Å². The Morgan fingerprint density at radius 3 is 2.46 bits per heavy atom. The Hall–Kier alpha value is -0.300. The topological polar surface area (TPSA) is 20.2 Å². The Bertz CT molecular complexity index is 191. The molecule has 1 rings (SSSR count). The van der Waals surface area contributed by atoms with Crippen molar-refractivity contribution in [3.05, 3.63) is 11.6 Å². The fraction of sp³-hybridized carbons (Fsp3) is 0.833. The van der Waals surface area contributed by atoms with Crippen molar-refractivity contribution in [2.75, 3.05) is 0 Å². The molecule has 13 heavy (non-hydrogen) atoms. The average molecular weight is 182 g/mol. The lowest BCUT2D eigenvalue weighted by Gasteiger charge is -2.32. The lowest BCUT2D eigenvalue weighted by molar-refractivity contribution is 0.115. The molecule has 0 radical (unpaired) electrons. The van der Waals surface area contributed by atoms with Crippen molar-refractivity contribution in [3.63, 3.8) is 0 Å². The minimum absolute atomic E-state index is 0.183. The Kier molecular flexibility index (Phi) is 3.55. The largest absolute Gasteiger partial charge is 0.393 e. The van der Waals surface area contributed by atoms with Gasteiger partial charge in [-0.2, -0.15) is 0 Å². The van der Waals surface area contributed by atoms with E-state index in [0.29, 0.717) is 5.92 Å². The highest BCUT2D eigenvalue weighted by atomic mass is 16.3. The molecule has 0 aromatic heterocycles. The first-order chi connectivity index (χ1) is 6.02. The normalized spacial score (nSPS) is 31.7. The molecule has 0 aromatic carbocycles. The number of hydrogen-bond acceptors (Lipinski definition) is 1. The summed E-state index contributed by atoms with van der Waals surface area (Å²) in [5.74, 6) is 1.91. The second-order valence-electron chi connectivity index (χ2n) is 4.77. The van der Waals surface area contributed by atoms with Gasteiger partial charge >= 0.3 is 0 Å². The molecular formula is C12H22O. The van der Waals surface area contributed by atoms with Gasteiger partial charge in [-0.3, -0.25) is 0 Å². The van der Waals surface area contributed by atoms with Gasteiger partial charge in [-0.25, -0.2) is 0 Å². The lowest BCUT2D eigenvalue weighted by atomic mass is 9.75. The third-order valence-corrected chi connectivity index (χ3v) is 3.41. The fourth-order valence-electron chi connectivity index (χ4n) is 2.22. The Morgan fingerprint density at radius 2 is 2.00 bits per heavy atom. The van der Waals surface area contributed by atoms with E-state index in [1.807, 2.05) is 6.92 Å². The molecular weight excluding hydrogens is 160 g/mol. The van der Waals surface area contributed by atoms with Crippen LogP contribution in [0, 0.1) is 17.8 Å². The second kappa shape index (κ2) is 4.28. The average Bonchev–Trinajstić information content (AvgIpc) is 2.04. The summed E-state index contributed by atoms with van der Waals surface area (Å²) < 4.78 is 0. The summed E-state index contributed by atoms with van der Waals surface area (Å²) >= 11 is 0. The van der Waals surface area contributed by atoms with E-state index in [4.69, 9.17) is 0 Å². The highest BCUT2D eigenvalue weighted by Crippen LogP contribution is 2.34. The predicted octanol–water partition coefficient (Wildman–Crippen LogP) is 3.00. The van der Waals surface area contributed by atoms with E-state index in [2.05, 4.69) is 26.8 Å². The minimum Gasteiger partial charge on any atom is -0.393 e. The van der Waals surface area contributed by atoms with Crippen LogP contribution in [0.1, 0.15) is 40.5 Å². The molecule has 0 saturated heterocycles. The van der Waals surface area contributed by atoms with Gasteiger partial charge in [0.2, 0.25) is 0 Å². The van der Waals surface area contributed by atoms with Crippen LogP contribution in [0.3, 0.4) is 0 Å².